The van der Waals surface area contributed by atoms with Crippen LogP contribution in [-0.4, -0.2) is 15.6 Å². The first-order chi connectivity index (χ1) is 7.84. The van der Waals surface area contributed by atoms with Gasteiger partial charge in [0.05, 0.1) is 12.0 Å². The van der Waals surface area contributed by atoms with Gasteiger partial charge in [-0.1, -0.05) is 6.42 Å². The van der Waals surface area contributed by atoms with Crippen molar-refractivity contribution in [3.05, 3.63) is 18.2 Å². The lowest BCUT2D eigenvalue weighted by molar-refractivity contribution is 0.239. The molecular formula is C13H21N3. The molecule has 2 aliphatic rings. The zero-order chi connectivity index (χ0) is 11.0. The maximum Gasteiger partial charge on any atom is 0.0951 e. The predicted octanol–water partition coefficient (Wildman–Crippen LogP) is 2.50. The Morgan fingerprint density at radius 3 is 2.88 bits per heavy atom. The van der Waals surface area contributed by atoms with Crippen molar-refractivity contribution in [2.24, 2.45) is 5.92 Å². The van der Waals surface area contributed by atoms with E-state index >= 15 is 0 Å². The van der Waals surface area contributed by atoms with E-state index in [9.17, 15) is 0 Å². The molecule has 0 aliphatic heterocycles. The van der Waals surface area contributed by atoms with Gasteiger partial charge in [-0.15, -0.1) is 0 Å². The van der Waals surface area contributed by atoms with Crippen LogP contribution in [0.5, 0.6) is 0 Å². The fraction of sp³-hybridized carbons (Fsp3) is 0.769. The van der Waals surface area contributed by atoms with E-state index in [-0.39, 0.29) is 0 Å². The maximum atomic E-state index is 4.26. The van der Waals surface area contributed by atoms with Crippen molar-refractivity contribution < 1.29 is 0 Å². The van der Waals surface area contributed by atoms with Crippen molar-refractivity contribution in [3.63, 3.8) is 0 Å². The highest BCUT2D eigenvalue weighted by molar-refractivity contribution is 5.03. The smallest absolute Gasteiger partial charge is 0.0951 e. The van der Waals surface area contributed by atoms with Gasteiger partial charge in [0.2, 0.25) is 0 Å². The summed E-state index contributed by atoms with van der Waals surface area (Å²) in [5.41, 5.74) is 1.36. The lowest BCUT2D eigenvalue weighted by Gasteiger charge is -2.32. The number of rotatable bonds is 5. The third-order valence-corrected chi connectivity index (χ3v) is 4.15. The average molecular weight is 219 g/mol. The third kappa shape index (κ3) is 2.01. The van der Waals surface area contributed by atoms with Crippen molar-refractivity contribution in [2.75, 3.05) is 0 Å². The minimum Gasteiger partial charge on any atom is -0.330 e. The van der Waals surface area contributed by atoms with Crippen LogP contribution in [0.15, 0.2) is 12.5 Å². The standard InChI is InChI=1S/C13H21N3/c1-10(11-3-2-4-11)15-8-13-7-14-9-16(13)12-5-6-12/h7,9-12,15H,2-6,8H2,1H3. The van der Waals surface area contributed by atoms with E-state index in [4.69, 9.17) is 0 Å². The van der Waals surface area contributed by atoms with Crippen molar-refractivity contribution >= 4 is 0 Å². The minimum atomic E-state index is 0.663. The summed E-state index contributed by atoms with van der Waals surface area (Å²) in [6.07, 6.45) is 10.9. The van der Waals surface area contributed by atoms with Crippen LogP contribution in [-0.2, 0) is 6.54 Å². The summed E-state index contributed by atoms with van der Waals surface area (Å²) in [5, 5.41) is 3.65. The van der Waals surface area contributed by atoms with Crippen molar-refractivity contribution in [1.82, 2.24) is 14.9 Å². The molecule has 0 aromatic carbocycles. The van der Waals surface area contributed by atoms with Gasteiger partial charge in [0.25, 0.3) is 0 Å². The Balaban J connectivity index is 1.54. The molecule has 2 aliphatic carbocycles. The highest BCUT2D eigenvalue weighted by Gasteiger charge is 2.26. The van der Waals surface area contributed by atoms with Gasteiger partial charge in [0.1, 0.15) is 0 Å². The molecule has 2 fully saturated rings. The molecule has 0 amide bonds. The largest absolute Gasteiger partial charge is 0.330 e. The van der Waals surface area contributed by atoms with Crippen LogP contribution in [0.2, 0.25) is 0 Å². The summed E-state index contributed by atoms with van der Waals surface area (Å²) in [5.74, 6) is 0.914. The molecule has 3 heteroatoms. The van der Waals surface area contributed by atoms with Gasteiger partial charge in [-0.3, -0.25) is 0 Å². The van der Waals surface area contributed by atoms with E-state index in [0.29, 0.717) is 6.04 Å². The Bertz CT molecular complexity index is 350. The molecule has 0 spiro atoms. The van der Waals surface area contributed by atoms with Gasteiger partial charge >= 0.3 is 0 Å². The molecule has 0 bridgehead atoms. The van der Waals surface area contributed by atoms with Gasteiger partial charge in [0, 0.05) is 24.8 Å². The lowest BCUT2D eigenvalue weighted by atomic mass is 9.80. The number of nitrogens with zero attached hydrogens (tertiary/aromatic N) is 2. The molecule has 1 aromatic heterocycles. The van der Waals surface area contributed by atoms with E-state index in [1.54, 1.807) is 0 Å². The van der Waals surface area contributed by atoms with Crippen LogP contribution in [0, 0.1) is 5.92 Å². The van der Waals surface area contributed by atoms with Crippen LogP contribution < -0.4 is 5.32 Å². The third-order valence-electron chi connectivity index (χ3n) is 4.15. The number of imidazole rings is 1. The molecule has 0 radical (unpaired) electrons. The molecule has 3 nitrogen and oxygen atoms in total. The van der Waals surface area contributed by atoms with E-state index in [0.717, 1.165) is 18.5 Å². The van der Waals surface area contributed by atoms with E-state index in [1.807, 2.05) is 12.5 Å². The van der Waals surface area contributed by atoms with Gasteiger partial charge in [-0.05, 0) is 38.5 Å². The summed E-state index contributed by atoms with van der Waals surface area (Å²) >= 11 is 0. The van der Waals surface area contributed by atoms with E-state index in [2.05, 4.69) is 21.8 Å². The Hall–Kier alpha value is -0.830. The van der Waals surface area contributed by atoms with Gasteiger partial charge in [-0.25, -0.2) is 4.98 Å². The van der Waals surface area contributed by atoms with Crippen molar-refractivity contribution in [3.8, 4) is 0 Å². The first-order valence-electron chi connectivity index (χ1n) is 6.58. The van der Waals surface area contributed by atoms with Crippen LogP contribution in [0.4, 0.5) is 0 Å². The molecule has 0 saturated heterocycles. The number of hydrogen-bond acceptors (Lipinski definition) is 2. The summed E-state index contributed by atoms with van der Waals surface area (Å²) in [6.45, 7) is 3.30. The zero-order valence-corrected chi connectivity index (χ0v) is 10.0. The molecule has 2 saturated carbocycles. The molecule has 1 atom stereocenters. The fourth-order valence-electron chi connectivity index (χ4n) is 2.52. The van der Waals surface area contributed by atoms with Crippen LogP contribution in [0.3, 0.4) is 0 Å². The minimum absolute atomic E-state index is 0.663. The number of hydrogen-bond donors (Lipinski definition) is 1. The lowest BCUT2D eigenvalue weighted by Crippen LogP contribution is -2.36. The highest BCUT2D eigenvalue weighted by atomic mass is 15.1. The quantitative estimate of drug-likeness (QED) is 0.824. The monoisotopic (exact) mass is 219 g/mol. The Morgan fingerprint density at radius 1 is 1.44 bits per heavy atom. The summed E-state index contributed by atoms with van der Waals surface area (Å²) < 4.78 is 2.35. The first kappa shape index (κ1) is 10.3. The van der Waals surface area contributed by atoms with E-state index < -0.39 is 0 Å². The molecule has 88 valence electrons. The van der Waals surface area contributed by atoms with Crippen LogP contribution in [0.25, 0.3) is 0 Å². The summed E-state index contributed by atoms with van der Waals surface area (Å²) in [4.78, 5) is 4.26. The normalized spacial score (nSPS) is 23.1. The Morgan fingerprint density at radius 2 is 2.25 bits per heavy atom. The summed E-state index contributed by atoms with van der Waals surface area (Å²) in [7, 11) is 0. The fourth-order valence-corrected chi connectivity index (χ4v) is 2.52. The topological polar surface area (TPSA) is 29.9 Å². The van der Waals surface area contributed by atoms with Crippen LogP contribution in [0.1, 0.15) is 50.8 Å². The molecule has 1 aromatic rings. The molecular weight excluding hydrogens is 198 g/mol. The van der Waals surface area contributed by atoms with Gasteiger partial charge in [-0.2, -0.15) is 0 Å². The van der Waals surface area contributed by atoms with Gasteiger partial charge < -0.3 is 9.88 Å². The highest BCUT2D eigenvalue weighted by Crippen LogP contribution is 2.35. The molecule has 3 rings (SSSR count). The van der Waals surface area contributed by atoms with Gasteiger partial charge in [0.15, 0.2) is 0 Å². The SMILES string of the molecule is CC(NCc1cncn1C1CC1)C1CCC1. The van der Waals surface area contributed by atoms with E-state index in [1.165, 1.54) is 37.8 Å². The van der Waals surface area contributed by atoms with Crippen molar-refractivity contribution in [2.45, 2.75) is 57.7 Å². The number of aromatic nitrogens is 2. The second-order valence-corrected chi connectivity index (χ2v) is 5.38. The first-order valence-corrected chi connectivity index (χ1v) is 6.58. The summed E-state index contributed by atoms with van der Waals surface area (Å²) in [6, 6.07) is 1.41. The second kappa shape index (κ2) is 4.21. The molecule has 16 heavy (non-hydrogen) atoms. The van der Waals surface area contributed by atoms with Crippen molar-refractivity contribution in [1.29, 1.82) is 0 Å². The molecule has 1 unspecified atom stereocenters. The Kier molecular flexibility index (Phi) is 2.72. The average Bonchev–Trinajstić information content (AvgIpc) is 2.92. The zero-order valence-electron chi connectivity index (χ0n) is 10.0. The second-order valence-electron chi connectivity index (χ2n) is 5.38. The predicted molar refractivity (Wildman–Crippen MR) is 64.1 cm³/mol. The number of nitrogens with one attached hydrogen (secondary N) is 1. The Labute approximate surface area is 97.3 Å². The molecule has 1 heterocycles. The molecule has 1 N–H and O–H groups in total. The van der Waals surface area contributed by atoms with Crippen LogP contribution >= 0.6 is 0 Å². The maximum absolute atomic E-state index is 4.26.